The summed E-state index contributed by atoms with van der Waals surface area (Å²) in [5.74, 6) is 1.05. The molecule has 162 valence electrons. The Morgan fingerprint density at radius 3 is 1.30 bits per heavy atom. The summed E-state index contributed by atoms with van der Waals surface area (Å²) in [6, 6.07) is 9.42. The third kappa shape index (κ3) is 8.15. The number of aromatic hydroxyl groups is 2. The Labute approximate surface area is 177 Å². The molecule has 2 aromatic rings. The quantitative estimate of drug-likeness (QED) is 0.303. The van der Waals surface area contributed by atoms with Gasteiger partial charge in [0.2, 0.25) is 0 Å². The van der Waals surface area contributed by atoms with Gasteiger partial charge < -0.3 is 19.7 Å². The molecule has 0 aromatic heterocycles. The van der Waals surface area contributed by atoms with Crippen molar-refractivity contribution in [2.24, 2.45) is 0 Å². The Kier molecular flexibility index (Phi) is 10.3. The first kappa shape index (κ1) is 23.3. The number of ether oxygens (including phenoxy) is 2. The van der Waals surface area contributed by atoms with Crippen LogP contribution in [0.15, 0.2) is 36.4 Å². The first-order chi connectivity index (χ1) is 14.6. The standard InChI is InChI=1S/C24H30O6/c25-17-19-9-11-21(15-23(19)27)29-13-7-5-3-1-2-4-6-8-14-30-22-12-10-20(18-26)24(28)16-22/h9-12,15-18,27-28H,1-8,13-14H2. The van der Waals surface area contributed by atoms with Gasteiger partial charge in [-0.3, -0.25) is 9.59 Å². The molecule has 6 nitrogen and oxygen atoms in total. The van der Waals surface area contributed by atoms with Gasteiger partial charge in [-0.05, 0) is 37.1 Å². The normalized spacial score (nSPS) is 10.5. The molecule has 0 amide bonds. The van der Waals surface area contributed by atoms with Crippen LogP contribution in [-0.2, 0) is 0 Å². The number of phenolic OH excluding ortho intramolecular Hbond substituents is 2. The van der Waals surface area contributed by atoms with Gasteiger partial charge >= 0.3 is 0 Å². The molecule has 0 saturated heterocycles. The number of carbonyl (C=O) groups is 2. The fourth-order valence-electron chi connectivity index (χ4n) is 3.07. The maximum absolute atomic E-state index is 10.7. The van der Waals surface area contributed by atoms with Crippen molar-refractivity contribution in [2.75, 3.05) is 13.2 Å². The molecule has 2 rings (SSSR count). The van der Waals surface area contributed by atoms with Crippen LogP contribution in [0, 0.1) is 0 Å². The maximum atomic E-state index is 10.7. The molecule has 0 radical (unpaired) electrons. The molecule has 0 heterocycles. The zero-order valence-electron chi connectivity index (χ0n) is 17.2. The maximum Gasteiger partial charge on any atom is 0.153 e. The summed E-state index contributed by atoms with van der Waals surface area (Å²) >= 11 is 0. The van der Waals surface area contributed by atoms with E-state index >= 15 is 0 Å². The van der Waals surface area contributed by atoms with Crippen molar-refractivity contribution in [3.8, 4) is 23.0 Å². The highest BCUT2D eigenvalue weighted by Gasteiger charge is 2.03. The lowest BCUT2D eigenvalue weighted by atomic mass is 10.1. The van der Waals surface area contributed by atoms with Crippen LogP contribution < -0.4 is 9.47 Å². The van der Waals surface area contributed by atoms with Crippen LogP contribution >= 0.6 is 0 Å². The average Bonchev–Trinajstić information content (AvgIpc) is 2.74. The lowest BCUT2D eigenvalue weighted by molar-refractivity contribution is 0.111. The fourth-order valence-corrected chi connectivity index (χ4v) is 3.07. The van der Waals surface area contributed by atoms with E-state index in [0.717, 1.165) is 38.5 Å². The number of phenols is 2. The van der Waals surface area contributed by atoms with Gasteiger partial charge in [-0.15, -0.1) is 0 Å². The fraction of sp³-hybridized carbons (Fsp3) is 0.417. The summed E-state index contributed by atoms with van der Waals surface area (Å²) in [5, 5.41) is 19.2. The van der Waals surface area contributed by atoms with E-state index in [2.05, 4.69) is 0 Å². The predicted octanol–water partition coefficient (Wildman–Crippen LogP) is 5.30. The van der Waals surface area contributed by atoms with E-state index in [1.54, 1.807) is 24.3 Å². The Bertz CT molecular complexity index is 735. The zero-order valence-corrected chi connectivity index (χ0v) is 17.2. The van der Waals surface area contributed by atoms with Gasteiger partial charge in [0.1, 0.15) is 23.0 Å². The van der Waals surface area contributed by atoms with Gasteiger partial charge in [-0.25, -0.2) is 0 Å². The van der Waals surface area contributed by atoms with E-state index < -0.39 is 0 Å². The highest BCUT2D eigenvalue weighted by molar-refractivity contribution is 5.79. The first-order valence-corrected chi connectivity index (χ1v) is 10.5. The van der Waals surface area contributed by atoms with Crippen molar-refractivity contribution in [3.05, 3.63) is 47.5 Å². The molecule has 0 aliphatic heterocycles. The number of carbonyl (C=O) groups excluding carboxylic acids is 2. The summed E-state index contributed by atoms with van der Waals surface area (Å²) in [7, 11) is 0. The summed E-state index contributed by atoms with van der Waals surface area (Å²) in [5.41, 5.74) is 0.530. The van der Waals surface area contributed by atoms with Crippen molar-refractivity contribution in [2.45, 2.75) is 51.4 Å². The molecule has 0 fully saturated rings. The van der Waals surface area contributed by atoms with Crippen molar-refractivity contribution >= 4 is 12.6 Å². The van der Waals surface area contributed by atoms with E-state index in [1.807, 2.05) is 0 Å². The Hall–Kier alpha value is -3.02. The summed E-state index contributed by atoms with van der Waals surface area (Å²) < 4.78 is 11.2. The molecular formula is C24H30O6. The van der Waals surface area contributed by atoms with E-state index in [-0.39, 0.29) is 22.6 Å². The molecule has 30 heavy (non-hydrogen) atoms. The molecule has 2 aromatic carbocycles. The summed E-state index contributed by atoms with van der Waals surface area (Å²) in [6.45, 7) is 1.20. The van der Waals surface area contributed by atoms with Crippen LogP contribution in [0.4, 0.5) is 0 Å². The molecule has 0 unspecified atom stereocenters. The van der Waals surface area contributed by atoms with Crippen LogP contribution in [0.3, 0.4) is 0 Å². The number of hydrogen-bond acceptors (Lipinski definition) is 6. The van der Waals surface area contributed by atoms with Gasteiger partial charge in [0.15, 0.2) is 12.6 Å². The third-order valence-electron chi connectivity index (χ3n) is 4.83. The average molecular weight is 414 g/mol. The van der Waals surface area contributed by atoms with Crippen LogP contribution in [0.1, 0.15) is 72.1 Å². The summed E-state index contributed by atoms with van der Waals surface area (Å²) in [6.07, 6.45) is 10.1. The molecular weight excluding hydrogens is 384 g/mol. The lowest BCUT2D eigenvalue weighted by Crippen LogP contribution is -1.98. The molecule has 0 spiro atoms. The molecule has 0 aliphatic carbocycles. The van der Waals surface area contributed by atoms with Gasteiger partial charge in [-0.1, -0.05) is 38.5 Å². The van der Waals surface area contributed by atoms with Gasteiger partial charge in [0, 0.05) is 12.1 Å². The Morgan fingerprint density at radius 1 is 0.600 bits per heavy atom. The van der Waals surface area contributed by atoms with Crippen LogP contribution in [0.5, 0.6) is 23.0 Å². The second-order valence-corrected chi connectivity index (χ2v) is 7.20. The van der Waals surface area contributed by atoms with Crippen molar-refractivity contribution in [1.82, 2.24) is 0 Å². The van der Waals surface area contributed by atoms with Gasteiger partial charge in [0.05, 0.1) is 24.3 Å². The Morgan fingerprint density at radius 2 is 0.967 bits per heavy atom. The second kappa shape index (κ2) is 13.2. The third-order valence-corrected chi connectivity index (χ3v) is 4.83. The Balaban J connectivity index is 1.42. The molecule has 2 N–H and O–H groups in total. The van der Waals surface area contributed by atoms with Crippen LogP contribution in [0.25, 0.3) is 0 Å². The molecule has 0 bridgehead atoms. The number of hydrogen-bond donors (Lipinski definition) is 2. The smallest absolute Gasteiger partial charge is 0.153 e. The lowest BCUT2D eigenvalue weighted by Gasteiger charge is -2.08. The highest BCUT2D eigenvalue weighted by atomic mass is 16.5. The minimum absolute atomic E-state index is 0.0538. The van der Waals surface area contributed by atoms with Crippen molar-refractivity contribution < 1.29 is 29.3 Å². The monoisotopic (exact) mass is 414 g/mol. The second-order valence-electron chi connectivity index (χ2n) is 7.20. The summed E-state index contributed by atoms with van der Waals surface area (Å²) in [4.78, 5) is 21.3. The largest absolute Gasteiger partial charge is 0.507 e. The number of rotatable bonds is 15. The number of benzene rings is 2. The van der Waals surface area contributed by atoms with Crippen LogP contribution in [-0.4, -0.2) is 36.0 Å². The van der Waals surface area contributed by atoms with E-state index in [9.17, 15) is 19.8 Å². The van der Waals surface area contributed by atoms with Crippen molar-refractivity contribution in [1.29, 1.82) is 0 Å². The van der Waals surface area contributed by atoms with E-state index in [4.69, 9.17) is 9.47 Å². The minimum Gasteiger partial charge on any atom is -0.507 e. The molecule has 0 atom stereocenters. The zero-order chi connectivity index (χ0) is 21.6. The van der Waals surface area contributed by atoms with E-state index in [0.29, 0.717) is 37.3 Å². The van der Waals surface area contributed by atoms with Crippen molar-refractivity contribution in [3.63, 3.8) is 0 Å². The topological polar surface area (TPSA) is 93.1 Å². The number of aldehydes is 2. The highest BCUT2D eigenvalue weighted by Crippen LogP contribution is 2.23. The molecule has 0 aliphatic rings. The predicted molar refractivity (Wildman–Crippen MR) is 115 cm³/mol. The van der Waals surface area contributed by atoms with Gasteiger partial charge in [0.25, 0.3) is 0 Å². The first-order valence-electron chi connectivity index (χ1n) is 10.5. The van der Waals surface area contributed by atoms with Gasteiger partial charge in [-0.2, -0.15) is 0 Å². The minimum atomic E-state index is -0.0538. The molecule has 6 heteroatoms. The molecule has 0 saturated carbocycles. The van der Waals surface area contributed by atoms with E-state index in [1.165, 1.54) is 25.0 Å². The number of unbranched alkanes of at least 4 members (excludes halogenated alkanes) is 7. The SMILES string of the molecule is O=Cc1ccc(OCCCCCCCCCCOc2ccc(C=O)c(O)c2)cc1O. The van der Waals surface area contributed by atoms with Crippen LogP contribution in [0.2, 0.25) is 0 Å².